The number of fused-ring (bicyclic) bond motifs is 4. The first-order valence-corrected chi connectivity index (χ1v) is 6.48. The quantitative estimate of drug-likeness (QED) is 0.738. The van der Waals surface area contributed by atoms with Crippen molar-refractivity contribution in [1.82, 2.24) is 4.90 Å². The Labute approximate surface area is 103 Å². The second-order valence-electron chi connectivity index (χ2n) is 6.09. The molecule has 1 unspecified atom stereocenters. The minimum absolute atomic E-state index is 0.0982. The summed E-state index contributed by atoms with van der Waals surface area (Å²) in [6.45, 7) is 5.32. The molecular formula is C15H21NO. The third-order valence-electron chi connectivity index (χ3n) is 5.29. The van der Waals surface area contributed by atoms with Crippen LogP contribution in [0.2, 0.25) is 0 Å². The maximum absolute atomic E-state index is 11.0. The summed E-state index contributed by atoms with van der Waals surface area (Å²) < 4.78 is 0. The van der Waals surface area contributed by atoms with Gasteiger partial charge < -0.3 is 10.0 Å². The second kappa shape index (κ2) is 3.33. The van der Waals surface area contributed by atoms with Gasteiger partial charge >= 0.3 is 0 Å². The molecule has 2 bridgehead atoms. The molecule has 92 valence electrons. The van der Waals surface area contributed by atoms with E-state index in [0.717, 1.165) is 19.4 Å². The molecule has 1 fully saturated rings. The lowest BCUT2D eigenvalue weighted by atomic mass is 9.56. The van der Waals surface area contributed by atoms with Crippen molar-refractivity contribution in [3.63, 3.8) is 0 Å². The normalized spacial score (nSPS) is 41.1. The Morgan fingerprint density at radius 2 is 2.00 bits per heavy atom. The average molecular weight is 231 g/mol. The molecule has 1 aliphatic heterocycles. The van der Waals surface area contributed by atoms with Crippen LogP contribution in [0.1, 0.15) is 31.4 Å². The van der Waals surface area contributed by atoms with Crippen LogP contribution in [0.4, 0.5) is 0 Å². The molecule has 1 heterocycles. The van der Waals surface area contributed by atoms with Gasteiger partial charge in [-0.2, -0.15) is 0 Å². The van der Waals surface area contributed by atoms with Crippen LogP contribution in [0.25, 0.3) is 0 Å². The van der Waals surface area contributed by atoms with Crippen molar-refractivity contribution in [1.29, 1.82) is 0 Å². The fourth-order valence-electron chi connectivity index (χ4n) is 3.81. The zero-order valence-corrected chi connectivity index (χ0v) is 10.9. The third kappa shape index (κ3) is 1.28. The van der Waals surface area contributed by atoms with Gasteiger partial charge in [0.2, 0.25) is 0 Å². The SMILES string of the molecule is CN1CC[C@]2(C)c3ccccc3CC1[C@@]2(C)O. The summed E-state index contributed by atoms with van der Waals surface area (Å²) in [6, 6.07) is 8.87. The van der Waals surface area contributed by atoms with Gasteiger partial charge in [0.25, 0.3) is 0 Å². The van der Waals surface area contributed by atoms with Gasteiger partial charge in [-0.1, -0.05) is 31.2 Å². The van der Waals surface area contributed by atoms with E-state index in [0.29, 0.717) is 0 Å². The number of piperidine rings is 1. The van der Waals surface area contributed by atoms with Crippen LogP contribution in [0, 0.1) is 0 Å². The molecule has 2 aliphatic rings. The molecule has 3 atom stereocenters. The third-order valence-corrected chi connectivity index (χ3v) is 5.29. The Balaban J connectivity index is 2.22. The predicted molar refractivity (Wildman–Crippen MR) is 69.2 cm³/mol. The number of aliphatic hydroxyl groups is 1. The maximum Gasteiger partial charge on any atom is 0.0871 e. The van der Waals surface area contributed by atoms with E-state index in [-0.39, 0.29) is 11.5 Å². The summed E-state index contributed by atoms with van der Waals surface area (Å²) in [5.41, 5.74) is 2.04. The summed E-state index contributed by atoms with van der Waals surface area (Å²) in [5.74, 6) is 0. The summed E-state index contributed by atoms with van der Waals surface area (Å²) in [5, 5.41) is 11.0. The topological polar surface area (TPSA) is 23.5 Å². The fourth-order valence-corrected chi connectivity index (χ4v) is 3.81. The molecule has 1 aromatic carbocycles. The van der Waals surface area contributed by atoms with E-state index >= 15 is 0 Å². The highest BCUT2D eigenvalue weighted by Crippen LogP contribution is 2.50. The molecule has 1 N–H and O–H groups in total. The van der Waals surface area contributed by atoms with Gasteiger partial charge in [0, 0.05) is 11.5 Å². The van der Waals surface area contributed by atoms with E-state index in [1.54, 1.807) is 0 Å². The van der Waals surface area contributed by atoms with Crippen molar-refractivity contribution in [2.24, 2.45) is 0 Å². The smallest absolute Gasteiger partial charge is 0.0871 e. The molecular weight excluding hydrogens is 210 g/mol. The largest absolute Gasteiger partial charge is 0.388 e. The van der Waals surface area contributed by atoms with E-state index < -0.39 is 5.60 Å². The van der Waals surface area contributed by atoms with Crippen molar-refractivity contribution in [3.05, 3.63) is 35.4 Å². The maximum atomic E-state index is 11.0. The van der Waals surface area contributed by atoms with Gasteiger partial charge in [-0.15, -0.1) is 0 Å². The van der Waals surface area contributed by atoms with Gasteiger partial charge in [-0.05, 0) is 44.5 Å². The number of likely N-dealkylation sites (tertiary alicyclic amines) is 1. The van der Waals surface area contributed by atoms with E-state index in [2.05, 4.69) is 43.1 Å². The molecule has 3 rings (SSSR count). The van der Waals surface area contributed by atoms with Crippen molar-refractivity contribution < 1.29 is 5.11 Å². The van der Waals surface area contributed by atoms with Gasteiger partial charge in [0.15, 0.2) is 0 Å². The first kappa shape index (κ1) is 11.2. The van der Waals surface area contributed by atoms with Gasteiger partial charge in [-0.25, -0.2) is 0 Å². The van der Waals surface area contributed by atoms with Crippen LogP contribution in [-0.4, -0.2) is 35.2 Å². The Hall–Kier alpha value is -0.860. The predicted octanol–water partition coefficient (Wildman–Crippen LogP) is 1.96. The molecule has 0 saturated carbocycles. The van der Waals surface area contributed by atoms with Crippen LogP contribution in [0.3, 0.4) is 0 Å². The number of hydrogen-bond acceptors (Lipinski definition) is 2. The van der Waals surface area contributed by atoms with Gasteiger partial charge in [-0.3, -0.25) is 0 Å². The highest BCUT2D eigenvalue weighted by molar-refractivity contribution is 5.42. The van der Waals surface area contributed by atoms with Crippen LogP contribution >= 0.6 is 0 Å². The summed E-state index contributed by atoms with van der Waals surface area (Å²) in [6.07, 6.45) is 2.00. The van der Waals surface area contributed by atoms with Crippen LogP contribution in [-0.2, 0) is 11.8 Å². The lowest BCUT2D eigenvalue weighted by Gasteiger charge is -2.58. The Morgan fingerprint density at radius 1 is 1.29 bits per heavy atom. The van der Waals surface area contributed by atoms with Crippen LogP contribution in [0.5, 0.6) is 0 Å². The van der Waals surface area contributed by atoms with Crippen LogP contribution < -0.4 is 0 Å². The Kier molecular flexibility index (Phi) is 2.20. The lowest BCUT2D eigenvalue weighted by Crippen LogP contribution is -2.68. The van der Waals surface area contributed by atoms with Crippen molar-refractivity contribution >= 4 is 0 Å². The zero-order chi connectivity index (χ0) is 12.3. The summed E-state index contributed by atoms with van der Waals surface area (Å²) in [7, 11) is 2.13. The van der Waals surface area contributed by atoms with Gasteiger partial charge in [0.05, 0.1) is 5.60 Å². The second-order valence-corrected chi connectivity index (χ2v) is 6.09. The van der Waals surface area contributed by atoms with Crippen molar-refractivity contribution in [3.8, 4) is 0 Å². The van der Waals surface area contributed by atoms with Crippen molar-refractivity contribution in [2.75, 3.05) is 13.6 Å². The number of hydrogen-bond donors (Lipinski definition) is 1. The zero-order valence-electron chi connectivity index (χ0n) is 10.9. The lowest BCUT2D eigenvalue weighted by molar-refractivity contribution is -0.121. The fraction of sp³-hybridized carbons (Fsp3) is 0.600. The number of nitrogens with zero attached hydrogens (tertiary/aromatic N) is 1. The summed E-state index contributed by atoms with van der Waals surface area (Å²) >= 11 is 0. The monoisotopic (exact) mass is 231 g/mol. The molecule has 2 nitrogen and oxygen atoms in total. The van der Waals surface area contributed by atoms with E-state index in [4.69, 9.17) is 0 Å². The minimum atomic E-state index is -0.631. The Morgan fingerprint density at radius 3 is 2.76 bits per heavy atom. The molecule has 1 aliphatic carbocycles. The average Bonchev–Trinajstić information content (AvgIpc) is 2.29. The number of rotatable bonds is 0. The number of likely N-dealkylation sites (N-methyl/N-ethyl adjacent to an activating group) is 1. The molecule has 2 heteroatoms. The highest BCUT2D eigenvalue weighted by atomic mass is 16.3. The van der Waals surface area contributed by atoms with E-state index in [1.807, 2.05) is 6.92 Å². The summed E-state index contributed by atoms with van der Waals surface area (Å²) in [4.78, 5) is 2.32. The Bertz CT molecular complexity index is 454. The standard InChI is InChI=1S/C15H21NO/c1-14-8-9-16(3)13(15(14,2)17)10-11-6-4-5-7-12(11)14/h4-7,13,17H,8-10H2,1-3H3/t13?,14-,15-/m1/s1. The molecule has 0 radical (unpaired) electrons. The molecule has 1 aromatic rings. The van der Waals surface area contributed by atoms with Crippen LogP contribution in [0.15, 0.2) is 24.3 Å². The molecule has 0 spiro atoms. The number of benzene rings is 1. The van der Waals surface area contributed by atoms with Gasteiger partial charge in [0.1, 0.15) is 0 Å². The van der Waals surface area contributed by atoms with E-state index in [1.165, 1.54) is 11.1 Å². The molecule has 1 saturated heterocycles. The van der Waals surface area contributed by atoms with Crippen molar-refractivity contribution in [2.45, 2.75) is 43.7 Å². The molecule has 0 aromatic heterocycles. The minimum Gasteiger partial charge on any atom is -0.388 e. The van der Waals surface area contributed by atoms with E-state index in [9.17, 15) is 5.11 Å². The molecule has 0 amide bonds. The molecule has 17 heavy (non-hydrogen) atoms. The first-order valence-electron chi connectivity index (χ1n) is 6.48. The first-order chi connectivity index (χ1) is 7.97. The highest BCUT2D eigenvalue weighted by Gasteiger charge is 2.56.